The lowest BCUT2D eigenvalue weighted by molar-refractivity contribution is -0.199. The van der Waals surface area contributed by atoms with Crippen LogP contribution in [0.1, 0.15) is 109 Å². The third-order valence-corrected chi connectivity index (χ3v) is 13.0. The Morgan fingerprint density at radius 3 is 1.88 bits per heavy atom. The highest BCUT2D eigenvalue weighted by atomic mass is 16.7. The molecule has 3 saturated carbocycles. The lowest BCUT2D eigenvalue weighted by Crippen LogP contribution is -2.65. The topological polar surface area (TPSA) is 216 Å². The Labute approximate surface area is 350 Å². The molecular weight excluding hydrogens is 749 g/mol. The van der Waals surface area contributed by atoms with Crippen LogP contribution in [-0.4, -0.2) is 91.6 Å². The highest BCUT2D eigenvalue weighted by Gasteiger charge is 2.68. The molecule has 0 radical (unpaired) electrons. The van der Waals surface area contributed by atoms with E-state index in [1.54, 1.807) is 19.1 Å². The normalized spacial score (nSPS) is 23.9. The fourth-order valence-electron chi connectivity index (χ4n) is 8.98. The van der Waals surface area contributed by atoms with Gasteiger partial charge in [-0.05, 0) is 125 Å². The van der Waals surface area contributed by atoms with Crippen LogP contribution in [0.4, 0.5) is 0 Å². The summed E-state index contributed by atoms with van der Waals surface area (Å²) in [5.41, 5.74) is 15.0. The average Bonchev–Trinajstić information content (AvgIpc) is 3.59. The zero-order valence-corrected chi connectivity index (χ0v) is 35.9. The van der Waals surface area contributed by atoms with Gasteiger partial charge < -0.3 is 47.4 Å². The van der Waals surface area contributed by atoms with Crippen molar-refractivity contribution in [3.8, 4) is 11.1 Å². The summed E-state index contributed by atoms with van der Waals surface area (Å²) >= 11 is 0. The first-order chi connectivity index (χ1) is 28.1. The van der Waals surface area contributed by atoms with Crippen LogP contribution in [0.5, 0.6) is 0 Å². The number of hydrogen-bond donors (Lipinski definition) is 7. The maximum atomic E-state index is 13.5. The Hall–Kier alpha value is -4.31. The van der Waals surface area contributed by atoms with Crippen LogP contribution < -0.4 is 38.1 Å². The summed E-state index contributed by atoms with van der Waals surface area (Å²) in [7, 11) is -0.613. The van der Waals surface area contributed by atoms with Crippen LogP contribution >= 0.6 is 0 Å². The van der Waals surface area contributed by atoms with Crippen molar-refractivity contribution in [2.75, 3.05) is 13.1 Å². The van der Waals surface area contributed by atoms with E-state index < -0.39 is 72.4 Å². The Morgan fingerprint density at radius 2 is 1.31 bits per heavy atom. The summed E-state index contributed by atoms with van der Waals surface area (Å²) in [6.07, 6.45) is 5.82. The molecule has 5 amide bonds. The van der Waals surface area contributed by atoms with Gasteiger partial charge in [0.15, 0.2) is 0 Å². The van der Waals surface area contributed by atoms with Crippen molar-refractivity contribution in [2.24, 2.45) is 28.7 Å². The van der Waals surface area contributed by atoms with Crippen LogP contribution in [0, 0.1) is 17.3 Å². The molecule has 1 saturated heterocycles. The number of rotatable bonds is 20. The van der Waals surface area contributed by atoms with Crippen molar-refractivity contribution in [1.29, 1.82) is 0 Å². The molecule has 2 aromatic rings. The molecule has 0 aromatic heterocycles. The quantitative estimate of drug-likeness (QED) is 0.0977. The predicted octanol–water partition coefficient (Wildman–Crippen LogP) is 3.15. The Bertz CT molecular complexity index is 1790. The molecule has 322 valence electrons. The first-order valence-corrected chi connectivity index (χ1v) is 21.5. The van der Waals surface area contributed by atoms with E-state index in [1.807, 2.05) is 19.1 Å². The number of benzene rings is 2. The van der Waals surface area contributed by atoms with Crippen LogP contribution in [0.3, 0.4) is 0 Å². The number of unbranched alkanes of at least 4 members (excludes halogenated alkanes) is 1. The van der Waals surface area contributed by atoms with Crippen molar-refractivity contribution in [3.05, 3.63) is 59.7 Å². The summed E-state index contributed by atoms with van der Waals surface area (Å²) in [5, 5.41) is 13.8. The van der Waals surface area contributed by atoms with E-state index in [2.05, 4.69) is 78.5 Å². The number of nitrogens with two attached hydrogens (primary N) is 2. The molecule has 15 heteroatoms. The second kappa shape index (κ2) is 19.8. The summed E-state index contributed by atoms with van der Waals surface area (Å²) in [5.74, 6) is -2.18. The van der Waals surface area contributed by atoms with Gasteiger partial charge in [-0.3, -0.25) is 24.0 Å². The van der Waals surface area contributed by atoms with E-state index in [-0.39, 0.29) is 37.5 Å². The first kappa shape index (κ1) is 45.8. The van der Waals surface area contributed by atoms with Crippen LogP contribution in [0.2, 0.25) is 0 Å². The minimum atomic E-state index is -1.10. The van der Waals surface area contributed by atoms with E-state index in [0.29, 0.717) is 23.8 Å². The van der Waals surface area contributed by atoms with Crippen LogP contribution in [0.15, 0.2) is 48.5 Å². The molecule has 6 rings (SSSR count). The largest absolute Gasteiger partial charge is 0.481 e. The van der Waals surface area contributed by atoms with Gasteiger partial charge in [0.1, 0.15) is 24.2 Å². The summed E-state index contributed by atoms with van der Waals surface area (Å²) in [6.45, 7) is 14.1. The van der Waals surface area contributed by atoms with Gasteiger partial charge in [-0.15, -0.1) is 0 Å². The number of aryl methyl sites for hydroxylation is 1. The van der Waals surface area contributed by atoms with Gasteiger partial charge >= 0.3 is 7.12 Å². The van der Waals surface area contributed by atoms with Gasteiger partial charge in [0, 0.05) is 5.56 Å². The maximum Gasteiger partial charge on any atom is 0.481 e. The Morgan fingerprint density at radius 1 is 0.746 bits per heavy atom. The number of amides is 5. The molecule has 2 aromatic carbocycles. The number of carbonyl (C=O) groups is 5. The molecule has 2 unspecified atom stereocenters. The minimum Gasteiger partial charge on any atom is -0.404 e. The molecule has 2 bridgehead atoms. The molecule has 14 nitrogen and oxygen atoms in total. The van der Waals surface area contributed by atoms with Crippen LogP contribution in [-0.2, 0) is 34.9 Å². The van der Waals surface area contributed by atoms with E-state index >= 15 is 0 Å². The second-order valence-corrected chi connectivity index (χ2v) is 17.5. The Balaban J connectivity index is 1.11. The fraction of sp³-hybridized carbons (Fsp3) is 0.614. The van der Waals surface area contributed by atoms with E-state index in [9.17, 15) is 24.0 Å². The molecule has 1 aliphatic heterocycles. The van der Waals surface area contributed by atoms with Gasteiger partial charge in [0.2, 0.25) is 23.6 Å². The second-order valence-electron chi connectivity index (χ2n) is 17.5. The summed E-state index contributed by atoms with van der Waals surface area (Å²) in [6, 6.07) is 11.4. The lowest BCUT2D eigenvalue weighted by Gasteiger charge is -2.64. The van der Waals surface area contributed by atoms with E-state index in [1.165, 1.54) is 12.5 Å². The lowest BCUT2D eigenvalue weighted by atomic mass is 9.43. The van der Waals surface area contributed by atoms with Crippen molar-refractivity contribution in [1.82, 2.24) is 26.6 Å². The molecule has 0 spiro atoms. The zero-order valence-electron chi connectivity index (χ0n) is 35.9. The number of hydrogen-bond acceptors (Lipinski definition) is 9. The van der Waals surface area contributed by atoms with Gasteiger partial charge in [-0.1, -0.05) is 70.5 Å². The number of carbonyl (C=O) groups excluding carboxylic acids is 5. The summed E-state index contributed by atoms with van der Waals surface area (Å²) in [4.78, 5) is 66.8. The predicted molar refractivity (Wildman–Crippen MR) is 229 cm³/mol. The summed E-state index contributed by atoms with van der Waals surface area (Å²) < 4.78 is 12.8. The fourth-order valence-corrected chi connectivity index (χ4v) is 8.98. The first-order valence-electron chi connectivity index (χ1n) is 21.5. The molecular formula is C44H66BN7O7. The van der Waals surface area contributed by atoms with Crippen LogP contribution in [0.25, 0.3) is 11.1 Å². The number of nitrogens with one attached hydrogen (secondary N) is 5. The molecule has 9 N–H and O–H groups in total. The monoisotopic (exact) mass is 816 g/mol. The van der Waals surface area contributed by atoms with Gasteiger partial charge in [-0.25, -0.2) is 0 Å². The van der Waals surface area contributed by atoms with Crippen molar-refractivity contribution < 1.29 is 33.3 Å². The smallest absolute Gasteiger partial charge is 0.404 e. The molecule has 4 aliphatic rings. The third kappa shape index (κ3) is 10.5. The standard InChI is InChI=1S/C44H66BN7O7/c1-8-10-11-28-12-14-29(15-13-28)30-16-18-31(19-17-30)39(54)51-35(21-23-47)42(57)52-34(20-22-46)41(56)48-26(3)38(53)50-33(9-2)40(55)49-27(4)45-58-37-25-32-24-36(43(32,5)6)44(37,7)59-45/h12-19,26-27,32-37H,8-11,20-25,46-47H2,1-7H3,(H,48,56)(H,49,55)(H,50,53)(H,51,54)(H,52,57)/t26-,27-,32-,33?,34-,35-,36-,37?,44-/m0/s1. The molecule has 9 atom stereocenters. The SMILES string of the molecule is CCCCc1ccc(-c2ccc(C(=O)N[C@@H](CCN)C(=O)N[C@@H](CCN)C(=O)N[C@@H](C)C(=O)NC(CC)C(=O)N[C@@H](C)B3OC4C[C@@H]5C[C@@H](C5(C)C)[C@]4(C)O3)cc2)cc1. The van der Waals surface area contributed by atoms with Gasteiger partial charge in [0.05, 0.1) is 17.6 Å². The maximum absolute atomic E-state index is 13.5. The average molecular weight is 816 g/mol. The molecule has 3 aliphatic carbocycles. The van der Waals surface area contributed by atoms with Crippen molar-refractivity contribution in [3.63, 3.8) is 0 Å². The zero-order chi connectivity index (χ0) is 43.1. The van der Waals surface area contributed by atoms with E-state index in [4.69, 9.17) is 20.8 Å². The molecule has 4 fully saturated rings. The molecule has 1 heterocycles. The third-order valence-electron chi connectivity index (χ3n) is 13.0. The molecule has 59 heavy (non-hydrogen) atoms. The highest BCUT2D eigenvalue weighted by Crippen LogP contribution is 2.65. The van der Waals surface area contributed by atoms with Gasteiger partial charge in [0.25, 0.3) is 5.91 Å². The van der Waals surface area contributed by atoms with Gasteiger partial charge in [-0.2, -0.15) is 0 Å². The minimum absolute atomic E-state index is 0.0273. The van der Waals surface area contributed by atoms with Crippen molar-refractivity contribution >= 4 is 36.7 Å². The highest BCUT2D eigenvalue weighted by molar-refractivity contribution is 6.47. The van der Waals surface area contributed by atoms with Crippen molar-refractivity contribution in [2.45, 2.75) is 142 Å². The Kier molecular flexibility index (Phi) is 15.4. The van der Waals surface area contributed by atoms with E-state index in [0.717, 1.165) is 43.2 Å².